The third-order valence-corrected chi connectivity index (χ3v) is 6.60. The Morgan fingerprint density at radius 3 is 2.61 bits per heavy atom. The number of hydrogen-bond donors (Lipinski definition) is 1. The number of ketones is 1. The Morgan fingerprint density at radius 1 is 1.09 bits per heavy atom. The van der Waals surface area contributed by atoms with E-state index >= 15 is 0 Å². The van der Waals surface area contributed by atoms with Gasteiger partial charge in [-0.1, -0.05) is 37.3 Å². The highest BCUT2D eigenvalue weighted by molar-refractivity contribution is 7.18. The van der Waals surface area contributed by atoms with Crippen molar-refractivity contribution in [2.75, 3.05) is 0 Å². The number of carbonyl (C=O) groups excluding carboxylic acids is 2. The van der Waals surface area contributed by atoms with Gasteiger partial charge in [0.25, 0.3) is 0 Å². The second kappa shape index (κ2) is 7.80. The molecule has 23 heavy (non-hydrogen) atoms. The third-order valence-electron chi connectivity index (χ3n) is 5.33. The van der Waals surface area contributed by atoms with Crippen LogP contribution in [0.2, 0.25) is 4.34 Å². The molecule has 1 aromatic rings. The van der Waals surface area contributed by atoms with Crippen LogP contribution in [0.3, 0.4) is 0 Å². The predicted octanol–water partition coefficient (Wildman–Crippen LogP) is 4.84. The Morgan fingerprint density at radius 2 is 1.87 bits per heavy atom. The van der Waals surface area contributed by atoms with Gasteiger partial charge in [0, 0.05) is 18.9 Å². The summed E-state index contributed by atoms with van der Waals surface area (Å²) in [7, 11) is 0. The molecule has 3 unspecified atom stereocenters. The molecule has 5 heteroatoms. The molecule has 0 aliphatic heterocycles. The monoisotopic (exact) mass is 353 g/mol. The van der Waals surface area contributed by atoms with Gasteiger partial charge in [-0.15, -0.1) is 11.3 Å². The lowest BCUT2D eigenvalue weighted by molar-refractivity contribution is -0.122. The highest BCUT2D eigenvalue weighted by Gasteiger charge is 2.32. The van der Waals surface area contributed by atoms with E-state index in [2.05, 4.69) is 5.32 Å². The number of fused-ring (bicyclic) bond motifs is 1. The van der Waals surface area contributed by atoms with Gasteiger partial charge in [0.15, 0.2) is 5.78 Å². The number of carbonyl (C=O) groups is 2. The first kappa shape index (κ1) is 17.0. The molecule has 0 aromatic carbocycles. The largest absolute Gasteiger partial charge is 0.353 e. The smallest absolute Gasteiger partial charge is 0.220 e. The molecular formula is C18H24ClNO2S. The van der Waals surface area contributed by atoms with Crippen LogP contribution >= 0.6 is 22.9 Å². The summed E-state index contributed by atoms with van der Waals surface area (Å²) in [6, 6.07) is 3.77. The van der Waals surface area contributed by atoms with Crippen molar-refractivity contribution in [2.45, 2.75) is 63.8 Å². The fraction of sp³-hybridized carbons (Fsp3) is 0.667. The van der Waals surface area contributed by atoms with Gasteiger partial charge in [0.05, 0.1) is 9.21 Å². The van der Waals surface area contributed by atoms with Crippen molar-refractivity contribution >= 4 is 34.6 Å². The number of hydrogen-bond acceptors (Lipinski definition) is 3. The van der Waals surface area contributed by atoms with Crippen molar-refractivity contribution in [3.05, 3.63) is 21.3 Å². The summed E-state index contributed by atoms with van der Waals surface area (Å²) >= 11 is 7.12. The zero-order valence-electron chi connectivity index (χ0n) is 13.4. The van der Waals surface area contributed by atoms with Gasteiger partial charge in [-0.3, -0.25) is 9.59 Å². The highest BCUT2D eigenvalue weighted by atomic mass is 35.5. The Balaban J connectivity index is 1.42. The molecule has 1 aromatic heterocycles. The third kappa shape index (κ3) is 4.57. The van der Waals surface area contributed by atoms with E-state index in [1.165, 1.54) is 43.4 Å². The maximum Gasteiger partial charge on any atom is 0.220 e. The summed E-state index contributed by atoms with van der Waals surface area (Å²) in [6.45, 7) is 0. The molecule has 2 saturated carbocycles. The SMILES string of the molecule is O=C(CCC(=O)c1ccc(Cl)s1)NC1CCC2CCCCC2C1. The van der Waals surface area contributed by atoms with Crippen LogP contribution in [0.15, 0.2) is 12.1 Å². The van der Waals surface area contributed by atoms with Crippen LogP contribution in [0.25, 0.3) is 0 Å². The maximum atomic E-state index is 12.1. The van der Waals surface area contributed by atoms with Crippen LogP contribution in [0.4, 0.5) is 0 Å². The lowest BCUT2D eigenvalue weighted by atomic mass is 9.69. The molecule has 2 aliphatic carbocycles. The van der Waals surface area contributed by atoms with E-state index in [-0.39, 0.29) is 24.5 Å². The molecule has 1 heterocycles. The first-order chi connectivity index (χ1) is 11.1. The van der Waals surface area contributed by atoms with E-state index in [0.29, 0.717) is 15.3 Å². The van der Waals surface area contributed by atoms with Crippen molar-refractivity contribution in [1.82, 2.24) is 5.32 Å². The minimum absolute atomic E-state index is 0.00744. The van der Waals surface area contributed by atoms with Gasteiger partial charge in [-0.2, -0.15) is 0 Å². The molecule has 3 rings (SSSR count). The lowest BCUT2D eigenvalue weighted by Crippen LogP contribution is -2.41. The minimum Gasteiger partial charge on any atom is -0.353 e. The van der Waals surface area contributed by atoms with Crippen LogP contribution < -0.4 is 5.32 Å². The Labute approximate surface area is 146 Å². The van der Waals surface area contributed by atoms with Gasteiger partial charge < -0.3 is 5.32 Å². The van der Waals surface area contributed by atoms with Gasteiger partial charge in [0.1, 0.15) is 0 Å². The van der Waals surface area contributed by atoms with Crippen LogP contribution in [0, 0.1) is 11.8 Å². The van der Waals surface area contributed by atoms with Crippen LogP contribution in [-0.2, 0) is 4.79 Å². The Hall–Kier alpha value is -0.870. The van der Waals surface area contributed by atoms with E-state index in [1.807, 2.05) is 0 Å². The quantitative estimate of drug-likeness (QED) is 0.770. The maximum absolute atomic E-state index is 12.1. The molecule has 1 amide bonds. The van der Waals surface area contributed by atoms with Crippen molar-refractivity contribution in [2.24, 2.45) is 11.8 Å². The molecule has 2 fully saturated rings. The van der Waals surface area contributed by atoms with Crippen molar-refractivity contribution < 1.29 is 9.59 Å². The molecule has 0 saturated heterocycles. The van der Waals surface area contributed by atoms with E-state index in [4.69, 9.17) is 11.6 Å². The summed E-state index contributed by atoms with van der Waals surface area (Å²) in [4.78, 5) is 24.8. The summed E-state index contributed by atoms with van der Waals surface area (Å²) in [5.74, 6) is 1.72. The normalized spacial score (nSPS) is 27.3. The highest BCUT2D eigenvalue weighted by Crippen LogP contribution is 2.40. The molecule has 3 nitrogen and oxygen atoms in total. The van der Waals surface area contributed by atoms with E-state index < -0.39 is 0 Å². The van der Waals surface area contributed by atoms with Crippen LogP contribution in [-0.4, -0.2) is 17.7 Å². The summed E-state index contributed by atoms with van der Waals surface area (Å²) in [6.07, 6.45) is 9.46. The first-order valence-corrected chi connectivity index (χ1v) is 9.89. The Bertz CT molecular complexity index is 571. The van der Waals surface area contributed by atoms with Gasteiger partial charge in [-0.05, 0) is 43.2 Å². The van der Waals surface area contributed by atoms with Crippen LogP contribution in [0.5, 0.6) is 0 Å². The minimum atomic E-state index is 0.00744. The lowest BCUT2D eigenvalue weighted by Gasteiger charge is -2.39. The van der Waals surface area contributed by atoms with Crippen molar-refractivity contribution in [3.8, 4) is 0 Å². The number of halogens is 1. The van der Waals surface area contributed by atoms with Gasteiger partial charge >= 0.3 is 0 Å². The predicted molar refractivity (Wildman–Crippen MR) is 94.1 cm³/mol. The standard InChI is InChI=1S/C18H24ClNO2S/c19-17-9-8-16(23-17)15(21)7-10-18(22)20-14-6-5-12-3-1-2-4-13(12)11-14/h8-9,12-14H,1-7,10-11H2,(H,20,22). The number of amides is 1. The second-order valence-electron chi connectivity index (χ2n) is 6.91. The number of nitrogens with one attached hydrogen (secondary N) is 1. The summed E-state index contributed by atoms with van der Waals surface area (Å²) in [5, 5.41) is 3.15. The van der Waals surface area contributed by atoms with E-state index in [0.717, 1.165) is 24.7 Å². The topological polar surface area (TPSA) is 46.2 Å². The van der Waals surface area contributed by atoms with E-state index in [9.17, 15) is 9.59 Å². The van der Waals surface area contributed by atoms with Gasteiger partial charge in [0.2, 0.25) is 5.91 Å². The first-order valence-electron chi connectivity index (χ1n) is 8.69. The second-order valence-corrected chi connectivity index (χ2v) is 8.62. The molecule has 0 bridgehead atoms. The van der Waals surface area contributed by atoms with Crippen LogP contribution in [0.1, 0.15) is 67.5 Å². The van der Waals surface area contributed by atoms with Crippen molar-refractivity contribution in [1.29, 1.82) is 0 Å². The fourth-order valence-electron chi connectivity index (χ4n) is 4.12. The fourth-order valence-corrected chi connectivity index (χ4v) is 5.13. The van der Waals surface area contributed by atoms with Crippen molar-refractivity contribution in [3.63, 3.8) is 0 Å². The Kier molecular flexibility index (Phi) is 5.76. The zero-order valence-corrected chi connectivity index (χ0v) is 14.9. The summed E-state index contributed by atoms with van der Waals surface area (Å²) in [5.41, 5.74) is 0. The average molecular weight is 354 g/mol. The zero-order chi connectivity index (χ0) is 16.2. The number of thiophene rings is 1. The molecule has 1 N–H and O–H groups in total. The molecule has 3 atom stereocenters. The molecule has 0 spiro atoms. The molecular weight excluding hydrogens is 330 g/mol. The number of rotatable bonds is 5. The summed E-state index contributed by atoms with van der Waals surface area (Å²) < 4.78 is 0.613. The average Bonchev–Trinajstić information content (AvgIpc) is 2.99. The molecule has 0 radical (unpaired) electrons. The van der Waals surface area contributed by atoms with Gasteiger partial charge in [-0.25, -0.2) is 0 Å². The molecule has 2 aliphatic rings. The van der Waals surface area contributed by atoms with E-state index in [1.54, 1.807) is 12.1 Å². The molecule has 126 valence electrons. The number of Topliss-reactive ketones (excluding diaryl/α,β-unsaturated/α-hetero) is 1.